The summed E-state index contributed by atoms with van der Waals surface area (Å²) in [6.07, 6.45) is 5.01. The largest absolute Gasteiger partial charge is 0.342 e. The SMILES string of the molecule is CN(C(=O)Cc1ccc(Cl)c(Cl)c1)C1CC2CCC(C1)N2. The van der Waals surface area contributed by atoms with Crippen LogP contribution in [0.25, 0.3) is 0 Å². The van der Waals surface area contributed by atoms with Gasteiger partial charge in [0.05, 0.1) is 16.5 Å². The van der Waals surface area contributed by atoms with Crippen LogP contribution < -0.4 is 5.32 Å². The number of piperidine rings is 1. The van der Waals surface area contributed by atoms with Crippen LogP contribution in [0.4, 0.5) is 0 Å². The lowest BCUT2D eigenvalue weighted by Crippen LogP contribution is -2.49. The van der Waals surface area contributed by atoms with Crippen molar-refractivity contribution in [2.75, 3.05) is 7.05 Å². The van der Waals surface area contributed by atoms with Gasteiger partial charge >= 0.3 is 0 Å². The molecule has 2 fully saturated rings. The van der Waals surface area contributed by atoms with E-state index in [2.05, 4.69) is 5.32 Å². The molecule has 0 radical (unpaired) electrons. The molecule has 2 aliphatic rings. The van der Waals surface area contributed by atoms with Gasteiger partial charge in [-0.1, -0.05) is 29.3 Å². The summed E-state index contributed by atoms with van der Waals surface area (Å²) < 4.78 is 0. The highest BCUT2D eigenvalue weighted by Gasteiger charge is 2.36. The first-order valence-electron chi connectivity index (χ1n) is 7.48. The molecule has 1 N–H and O–H groups in total. The highest BCUT2D eigenvalue weighted by atomic mass is 35.5. The summed E-state index contributed by atoms with van der Waals surface area (Å²) in [7, 11) is 1.93. The molecule has 5 heteroatoms. The van der Waals surface area contributed by atoms with Crippen molar-refractivity contribution in [3.63, 3.8) is 0 Å². The van der Waals surface area contributed by atoms with Gasteiger partial charge in [-0.15, -0.1) is 0 Å². The number of likely N-dealkylation sites (N-methyl/N-ethyl adjacent to an activating group) is 1. The second-order valence-electron chi connectivity index (χ2n) is 6.19. The van der Waals surface area contributed by atoms with E-state index in [1.807, 2.05) is 18.0 Å². The fourth-order valence-electron chi connectivity index (χ4n) is 3.50. The number of benzene rings is 1. The maximum Gasteiger partial charge on any atom is 0.226 e. The molecule has 2 saturated heterocycles. The lowest BCUT2D eigenvalue weighted by atomic mass is 9.98. The number of hydrogen-bond donors (Lipinski definition) is 1. The summed E-state index contributed by atoms with van der Waals surface area (Å²) in [6.45, 7) is 0. The van der Waals surface area contributed by atoms with Crippen molar-refractivity contribution in [1.82, 2.24) is 10.2 Å². The standard InChI is InChI=1S/C16H20Cl2N2O/c1-20(13-8-11-3-4-12(9-13)19-11)16(21)7-10-2-5-14(17)15(18)6-10/h2,5-6,11-13,19H,3-4,7-9H2,1H3. The molecule has 3 nitrogen and oxygen atoms in total. The van der Waals surface area contributed by atoms with Crippen molar-refractivity contribution < 1.29 is 4.79 Å². The molecular weight excluding hydrogens is 307 g/mol. The molecule has 0 spiro atoms. The zero-order valence-corrected chi connectivity index (χ0v) is 13.6. The number of fused-ring (bicyclic) bond motifs is 2. The zero-order chi connectivity index (χ0) is 15.0. The van der Waals surface area contributed by atoms with E-state index < -0.39 is 0 Å². The zero-order valence-electron chi connectivity index (χ0n) is 12.1. The summed E-state index contributed by atoms with van der Waals surface area (Å²) in [6, 6.07) is 6.94. The van der Waals surface area contributed by atoms with Gasteiger partial charge in [-0.05, 0) is 43.4 Å². The van der Waals surface area contributed by atoms with Gasteiger partial charge in [0.1, 0.15) is 0 Å². The van der Waals surface area contributed by atoms with Crippen molar-refractivity contribution in [1.29, 1.82) is 0 Å². The Morgan fingerprint density at radius 1 is 1.24 bits per heavy atom. The Labute approximate surface area is 135 Å². The third-order valence-corrected chi connectivity index (χ3v) is 5.47. The second-order valence-corrected chi connectivity index (χ2v) is 7.01. The highest BCUT2D eigenvalue weighted by Crippen LogP contribution is 2.29. The number of amides is 1. The van der Waals surface area contributed by atoms with E-state index in [-0.39, 0.29) is 5.91 Å². The average molecular weight is 327 g/mol. The molecule has 0 aromatic heterocycles. The number of hydrogen-bond acceptors (Lipinski definition) is 2. The van der Waals surface area contributed by atoms with E-state index in [1.165, 1.54) is 12.8 Å². The molecular formula is C16H20Cl2N2O. The van der Waals surface area contributed by atoms with Gasteiger partial charge in [0.2, 0.25) is 5.91 Å². The average Bonchev–Trinajstić information content (AvgIpc) is 2.80. The van der Waals surface area contributed by atoms with E-state index in [1.54, 1.807) is 12.1 Å². The topological polar surface area (TPSA) is 32.3 Å². The third-order valence-electron chi connectivity index (χ3n) is 4.73. The van der Waals surface area contributed by atoms with Crippen LogP contribution in [-0.4, -0.2) is 36.0 Å². The first kappa shape index (κ1) is 15.1. The molecule has 2 aliphatic heterocycles. The van der Waals surface area contributed by atoms with Crippen LogP contribution in [-0.2, 0) is 11.2 Å². The van der Waals surface area contributed by atoms with Crippen molar-refractivity contribution in [3.05, 3.63) is 33.8 Å². The number of rotatable bonds is 3. The van der Waals surface area contributed by atoms with Gasteiger partial charge in [-0.3, -0.25) is 4.79 Å². The first-order valence-corrected chi connectivity index (χ1v) is 8.24. The number of nitrogens with one attached hydrogen (secondary N) is 1. The number of halogens is 2. The smallest absolute Gasteiger partial charge is 0.226 e. The molecule has 2 heterocycles. The molecule has 114 valence electrons. The summed E-state index contributed by atoms with van der Waals surface area (Å²) >= 11 is 11.9. The molecule has 0 aliphatic carbocycles. The number of carbonyl (C=O) groups is 1. The normalized spacial score (nSPS) is 27.7. The van der Waals surface area contributed by atoms with Crippen molar-refractivity contribution >= 4 is 29.1 Å². The highest BCUT2D eigenvalue weighted by molar-refractivity contribution is 6.42. The van der Waals surface area contributed by atoms with Gasteiger partial charge in [-0.2, -0.15) is 0 Å². The van der Waals surface area contributed by atoms with Crippen LogP contribution in [0.1, 0.15) is 31.2 Å². The first-order chi connectivity index (χ1) is 10.0. The number of carbonyl (C=O) groups excluding carboxylic acids is 1. The van der Waals surface area contributed by atoms with E-state index >= 15 is 0 Å². The minimum absolute atomic E-state index is 0.152. The summed E-state index contributed by atoms with van der Waals surface area (Å²) in [5, 5.41) is 4.64. The minimum atomic E-state index is 0.152. The fourth-order valence-corrected chi connectivity index (χ4v) is 3.82. The molecule has 2 atom stereocenters. The van der Waals surface area contributed by atoms with Gasteiger partial charge in [-0.25, -0.2) is 0 Å². The minimum Gasteiger partial charge on any atom is -0.342 e. The van der Waals surface area contributed by atoms with Gasteiger partial charge in [0, 0.05) is 25.2 Å². The predicted octanol–water partition coefficient (Wildman–Crippen LogP) is 3.28. The summed E-state index contributed by atoms with van der Waals surface area (Å²) in [5.74, 6) is 0.152. The molecule has 0 saturated carbocycles. The Bertz CT molecular complexity index is 537. The Morgan fingerprint density at radius 3 is 2.52 bits per heavy atom. The third kappa shape index (κ3) is 3.36. The maximum absolute atomic E-state index is 12.5. The monoisotopic (exact) mass is 326 g/mol. The lowest BCUT2D eigenvalue weighted by Gasteiger charge is -2.35. The Kier molecular flexibility index (Phi) is 4.43. The number of nitrogens with zero attached hydrogens (tertiary/aromatic N) is 1. The van der Waals surface area contributed by atoms with Gasteiger partial charge in [0.25, 0.3) is 0 Å². The Morgan fingerprint density at radius 2 is 1.90 bits per heavy atom. The maximum atomic E-state index is 12.5. The van der Waals surface area contributed by atoms with E-state index in [0.29, 0.717) is 34.6 Å². The Hall–Kier alpha value is -0.770. The predicted molar refractivity (Wildman–Crippen MR) is 85.9 cm³/mol. The van der Waals surface area contributed by atoms with Crippen LogP contribution in [0.2, 0.25) is 10.0 Å². The van der Waals surface area contributed by atoms with E-state index in [0.717, 1.165) is 18.4 Å². The molecule has 21 heavy (non-hydrogen) atoms. The second kappa shape index (κ2) is 6.15. The van der Waals surface area contributed by atoms with Crippen molar-refractivity contribution in [3.8, 4) is 0 Å². The van der Waals surface area contributed by atoms with Crippen LogP contribution >= 0.6 is 23.2 Å². The molecule has 3 rings (SSSR count). The van der Waals surface area contributed by atoms with Crippen LogP contribution in [0.15, 0.2) is 18.2 Å². The summed E-state index contributed by atoms with van der Waals surface area (Å²) in [5.41, 5.74) is 0.915. The van der Waals surface area contributed by atoms with Gasteiger partial charge < -0.3 is 10.2 Å². The van der Waals surface area contributed by atoms with Crippen molar-refractivity contribution in [2.24, 2.45) is 0 Å². The van der Waals surface area contributed by atoms with E-state index in [9.17, 15) is 4.79 Å². The quantitative estimate of drug-likeness (QED) is 0.924. The molecule has 1 aromatic rings. The molecule has 2 bridgehead atoms. The van der Waals surface area contributed by atoms with Crippen molar-refractivity contribution in [2.45, 2.75) is 50.2 Å². The summed E-state index contributed by atoms with van der Waals surface area (Å²) in [4.78, 5) is 14.4. The molecule has 2 unspecified atom stereocenters. The molecule has 1 amide bonds. The van der Waals surface area contributed by atoms with Crippen LogP contribution in [0, 0.1) is 0 Å². The fraction of sp³-hybridized carbons (Fsp3) is 0.562. The van der Waals surface area contributed by atoms with Gasteiger partial charge in [0.15, 0.2) is 0 Å². The van der Waals surface area contributed by atoms with Crippen LogP contribution in [0.5, 0.6) is 0 Å². The lowest BCUT2D eigenvalue weighted by molar-refractivity contribution is -0.131. The van der Waals surface area contributed by atoms with E-state index in [4.69, 9.17) is 23.2 Å². The van der Waals surface area contributed by atoms with Crippen LogP contribution in [0.3, 0.4) is 0 Å². The Balaban J connectivity index is 1.63. The molecule has 1 aromatic carbocycles.